The summed E-state index contributed by atoms with van der Waals surface area (Å²) in [6.07, 6.45) is 0. The van der Waals surface area contributed by atoms with E-state index in [-0.39, 0.29) is 0 Å². The van der Waals surface area contributed by atoms with Gasteiger partial charge in [0.1, 0.15) is 0 Å². The maximum atomic E-state index is 10.7. The molecule has 1 aromatic carbocycles. The molecular formula is C12H12N2O2S. The average Bonchev–Trinajstić information content (AvgIpc) is 2.73. The topological polar surface area (TPSA) is 62.2 Å². The van der Waals surface area contributed by atoms with Gasteiger partial charge in [-0.3, -0.25) is 0 Å². The predicted molar refractivity (Wildman–Crippen MR) is 67.6 cm³/mol. The summed E-state index contributed by atoms with van der Waals surface area (Å²) in [7, 11) is 0. The number of nitrogens with zero attached hydrogens (tertiary/aromatic N) is 1. The minimum atomic E-state index is -0.910. The average molecular weight is 248 g/mol. The number of hydrogen-bond acceptors (Lipinski definition) is 4. The summed E-state index contributed by atoms with van der Waals surface area (Å²) < 4.78 is 0. The number of aryl methyl sites for hydroxylation is 1. The second-order valence-electron chi connectivity index (χ2n) is 3.59. The van der Waals surface area contributed by atoms with Gasteiger partial charge in [0.25, 0.3) is 0 Å². The lowest BCUT2D eigenvalue weighted by Gasteiger charge is -2.04. The monoisotopic (exact) mass is 248 g/mol. The first-order chi connectivity index (χ1) is 8.15. The Balaban J connectivity index is 1.97. The molecular weight excluding hydrogens is 236 g/mol. The van der Waals surface area contributed by atoms with Crippen molar-refractivity contribution in [3.05, 3.63) is 45.9 Å². The normalized spacial score (nSPS) is 10.2. The van der Waals surface area contributed by atoms with Gasteiger partial charge in [-0.2, -0.15) is 0 Å². The summed E-state index contributed by atoms with van der Waals surface area (Å²) in [6, 6.07) is 6.67. The molecule has 17 heavy (non-hydrogen) atoms. The summed E-state index contributed by atoms with van der Waals surface area (Å²) in [5.41, 5.74) is 2.18. The number of aromatic nitrogens is 1. The van der Waals surface area contributed by atoms with E-state index in [1.165, 1.54) is 0 Å². The van der Waals surface area contributed by atoms with Crippen LogP contribution in [0, 0.1) is 6.92 Å². The van der Waals surface area contributed by atoms with Crippen molar-refractivity contribution in [2.24, 2.45) is 0 Å². The number of benzene rings is 1. The minimum Gasteiger partial charge on any atom is -0.478 e. The van der Waals surface area contributed by atoms with Crippen molar-refractivity contribution >= 4 is 23.0 Å². The maximum Gasteiger partial charge on any atom is 0.335 e. The van der Waals surface area contributed by atoms with E-state index >= 15 is 0 Å². The zero-order chi connectivity index (χ0) is 12.3. The van der Waals surface area contributed by atoms with E-state index in [1.54, 1.807) is 35.6 Å². The van der Waals surface area contributed by atoms with Crippen LogP contribution in [0.1, 0.15) is 21.1 Å². The van der Waals surface area contributed by atoms with Crippen LogP contribution in [0.25, 0.3) is 0 Å². The third kappa shape index (κ3) is 3.04. The lowest BCUT2D eigenvalue weighted by atomic mass is 10.2. The van der Waals surface area contributed by atoms with Gasteiger partial charge in [0, 0.05) is 11.1 Å². The Kier molecular flexibility index (Phi) is 3.39. The molecule has 0 aliphatic carbocycles. The minimum absolute atomic E-state index is 0.292. The molecule has 4 nitrogen and oxygen atoms in total. The van der Waals surface area contributed by atoms with Crippen molar-refractivity contribution in [3.8, 4) is 0 Å². The molecule has 0 aliphatic heterocycles. The van der Waals surface area contributed by atoms with Crippen LogP contribution in [0.2, 0.25) is 0 Å². The molecule has 88 valence electrons. The molecule has 0 unspecified atom stereocenters. The van der Waals surface area contributed by atoms with Gasteiger partial charge < -0.3 is 10.4 Å². The number of carboxylic acid groups (broad SMARTS) is 1. The highest BCUT2D eigenvalue weighted by Crippen LogP contribution is 2.13. The van der Waals surface area contributed by atoms with E-state index in [0.717, 1.165) is 16.4 Å². The molecule has 1 aromatic heterocycles. The van der Waals surface area contributed by atoms with Gasteiger partial charge in [-0.25, -0.2) is 9.78 Å². The fourth-order valence-electron chi connectivity index (χ4n) is 1.41. The Bertz CT molecular complexity index is 520. The van der Waals surface area contributed by atoms with E-state index in [0.29, 0.717) is 12.1 Å². The van der Waals surface area contributed by atoms with E-state index in [4.69, 9.17) is 5.11 Å². The smallest absolute Gasteiger partial charge is 0.335 e. The van der Waals surface area contributed by atoms with Gasteiger partial charge in [0.05, 0.1) is 22.8 Å². The SMILES string of the molecule is Cc1nc(CNc2ccc(C(=O)O)cc2)cs1. The van der Waals surface area contributed by atoms with Crippen LogP contribution in [0.5, 0.6) is 0 Å². The van der Waals surface area contributed by atoms with Crippen LogP contribution >= 0.6 is 11.3 Å². The van der Waals surface area contributed by atoms with Crippen LogP contribution in [0.4, 0.5) is 5.69 Å². The first-order valence-corrected chi connectivity index (χ1v) is 6.01. The fraction of sp³-hybridized carbons (Fsp3) is 0.167. The molecule has 0 bridgehead atoms. The molecule has 2 N–H and O–H groups in total. The lowest BCUT2D eigenvalue weighted by molar-refractivity contribution is 0.0697. The zero-order valence-corrected chi connectivity index (χ0v) is 10.1. The molecule has 0 spiro atoms. The first-order valence-electron chi connectivity index (χ1n) is 5.13. The lowest BCUT2D eigenvalue weighted by Crippen LogP contribution is -2.01. The molecule has 0 fully saturated rings. The van der Waals surface area contributed by atoms with E-state index in [2.05, 4.69) is 10.3 Å². The largest absolute Gasteiger partial charge is 0.478 e. The molecule has 0 atom stereocenters. The molecule has 5 heteroatoms. The number of anilines is 1. The molecule has 2 rings (SSSR count). The second kappa shape index (κ2) is 4.97. The van der Waals surface area contributed by atoms with E-state index in [9.17, 15) is 4.79 Å². The Morgan fingerprint density at radius 3 is 2.65 bits per heavy atom. The molecule has 0 saturated carbocycles. The van der Waals surface area contributed by atoms with Crippen LogP contribution in [-0.4, -0.2) is 16.1 Å². The number of thiazole rings is 1. The summed E-state index contributed by atoms with van der Waals surface area (Å²) in [5.74, 6) is -0.910. The quantitative estimate of drug-likeness (QED) is 0.873. The Morgan fingerprint density at radius 2 is 2.12 bits per heavy atom. The van der Waals surface area contributed by atoms with Gasteiger partial charge >= 0.3 is 5.97 Å². The van der Waals surface area contributed by atoms with Crippen molar-refractivity contribution < 1.29 is 9.90 Å². The summed E-state index contributed by atoms with van der Waals surface area (Å²) in [4.78, 5) is 15.0. The molecule has 0 aliphatic rings. The third-order valence-corrected chi connectivity index (χ3v) is 3.09. The summed E-state index contributed by atoms with van der Waals surface area (Å²) in [5, 5.41) is 15.0. The van der Waals surface area contributed by atoms with Crippen molar-refractivity contribution in [2.75, 3.05) is 5.32 Å². The van der Waals surface area contributed by atoms with Crippen molar-refractivity contribution in [1.82, 2.24) is 4.98 Å². The van der Waals surface area contributed by atoms with Crippen LogP contribution in [0.15, 0.2) is 29.6 Å². The van der Waals surface area contributed by atoms with Gasteiger partial charge in [-0.15, -0.1) is 11.3 Å². The van der Waals surface area contributed by atoms with Gasteiger partial charge in [-0.05, 0) is 31.2 Å². The van der Waals surface area contributed by atoms with Crippen LogP contribution in [-0.2, 0) is 6.54 Å². The Labute approximate surface area is 103 Å². The van der Waals surface area contributed by atoms with Crippen molar-refractivity contribution in [2.45, 2.75) is 13.5 Å². The highest BCUT2D eigenvalue weighted by molar-refractivity contribution is 7.09. The third-order valence-electron chi connectivity index (χ3n) is 2.27. The van der Waals surface area contributed by atoms with Crippen LogP contribution in [0.3, 0.4) is 0 Å². The van der Waals surface area contributed by atoms with Crippen LogP contribution < -0.4 is 5.32 Å². The number of aromatic carboxylic acids is 1. The maximum absolute atomic E-state index is 10.7. The standard InChI is InChI=1S/C12H12N2O2S/c1-8-14-11(7-17-8)6-13-10-4-2-9(3-5-10)12(15)16/h2-5,7,13H,6H2,1H3,(H,15,16). The first kappa shape index (κ1) is 11.6. The van der Waals surface area contributed by atoms with Gasteiger partial charge in [-0.1, -0.05) is 0 Å². The number of rotatable bonds is 4. The summed E-state index contributed by atoms with van der Waals surface area (Å²) in [6.45, 7) is 2.62. The van der Waals surface area contributed by atoms with E-state index < -0.39 is 5.97 Å². The number of carbonyl (C=O) groups is 1. The number of nitrogens with one attached hydrogen (secondary N) is 1. The van der Waals surface area contributed by atoms with E-state index in [1.807, 2.05) is 12.3 Å². The fourth-order valence-corrected chi connectivity index (χ4v) is 2.03. The molecule has 1 heterocycles. The highest BCUT2D eigenvalue weighted by Gasteiger charge is 2.02. The molecule has 0 amide bonds. The van der Waals surface area contributed by atoms with Gasteiger partial charge in [0.15, 0.2) is 0 Å². The van der Waals surface area contributed by atoms with Crippen molar-refractivity contribution in [1.29, 1.82) is 0 Å². The predicted octanol–water partition coefficient (Wildman–Crippen LogP) is 2.76. The molecule has 0 saturated heterocycles. The number of carboxylic acids is 1. The zero-order valence-electron chi connectivity index (χ0n) is 9.30. The van der Waals surface area contributed by atoms with Crippen molar-refractivity contribution in [3.63, 3.8) is 0 Å². The Morgan fingerprint density at radius 1 is 1.41 bits per heavy atom. The van der Waals surface area contributed by atoms with Gasteiger partial charge in [0.2, 0.25) is 0 Å². The Hall–Kier alpha value is -1.88. The number of hydrogen-bond donors (Lipinski definition) is 2. The molecule has 0 radical (unpaired) electrons. The second-order valence-corrected chi connectivity index (χ2v) is 4.66. The molecule has 2 aromatic rings. The summed E-state index contributed by atoms with van der Waals surface area (Å²) >= 11 is 1.62. The highest BCUT2D eigenvalue weighted by atomic mass is 32.1.